The highest BCUT2D eigenvalue weighted by atomic mass is 32.2. The Balaban J connectivity index is 1.36. The van der Waals surface area contributed by atoms with Gasteiger partial charge in [0.15, 0.2) is 16.7 Å². The molecule has 3 aromatic rings. The predicted molar refractivity (Wildman–Crippen MR) is 141 cm³/mol. The zero-order chi connectivity index (χ0) is 25.8. The average Bonchev–Trinajstić information content (AvgIpc) is 3.49. The van der Waals surface area contributed by atoms with Crippen molar-refractivity contribution in [3.8, 4) is 23.0 Å². The fourth-order valence-electron chi connectivity index (χ4n) is 3.94. The van der Waals surface area contributed by atoms with E-state index in [1.54, 1.807) is 43.4 Å². The Bertz CT molecular complexity index is 1340. The van der Waals surface area contributed by atoms with Crippen molar-refractivity contribution < 1.29 is 28.5 Å². The largest absolute Gasteiger partial charge is 0.497 e. The third-order valence-electron chi connectivity index (χ3n) is 5.82. The maximum absolute atomic E-state index is 13.5. The van der Waals surface area contributed by atoms with Crippen LogP contribution in [0.1, 0.15) is 12.0 Å². The Morgan fingerprint density at radius 2 is 1.81 bits per heavy atom. The second-order valence-electron chi connectivity index (χ2n) is 8.30. The van der Waals surface area contributed by atoms with Gasteiger partial charge in [-0.15, -0.1) is 0 Å². The quantitative estimate of drug-likeness (QED) is 0.465. The zero-order valence-electron chi connectivity index (χ0n) is 20.3. The van der Waals surface area contributed by atoms with Gasteiger partial charge in [-0.05, 0) is 54.1 Å². The van der Waals surface area contributed by atoms with E-state index < -0.39 is 5.25 Å². The summed E-state index contributed by atoms with van der Waals surface area (Å²) in [5, 5.41) is 2.75. The fraction of sp³-hybridized carbons (Fsp3) is 0.222. The van der Waals surface area contributed by atoms with Crippen molar-refractivity contribution in [2.45, 2.75) is 18.2 Å². The summed E-state index contributed by atoms with van der Waals surface area (Å²) < 4.78 is 21.3. The minimum atomic E-state index is -0.614. The van der Waals surface area contributed by atoms with Gasteiger partial charge in [0.1, 0.15) is 16.7 Å². The molecule has 2 amide bonds. The molecule has 37 heavy (non-hydrogen) atoms. The number of thioether (sulfide) groups is 1. The zero-order valence-corrected chi connectivity index (χ0v) is 21.1. The Kier molecular flexibility index (Phi) is 7.18. The molecule has 1 saturated heterocycles. The van der Waals surface area contributed by atoms with E-state index >= 15 is 0 Å². The van der Waals surface area contributed by atoms with Crippen LogP contribution in [0.2, 0.25) is 0 Å². The molecule has 1 N–H and O–H groups in total. The molecule has 2 aliphatic heterocycles. The summed E-state index contributed by atoms with van der Waals surface area (Å²) in [5.41, 5.74) is 2.14. The molecule has 3 aromatic carbocycles. The first-order valence-electron chi connectivity index (χ1n) is 11.6. The topological polar surface area (TPSA) is 98.7 Å². The van der Waals surface area contributed by atoms with Crippen LogP contribution in [0.3, 0.4) is 0 Å². The minimum absolute atomic E-state index is 0.0000186. The van der Waals surface area contributed by atoms with Crippen molar-refractivity contribution in [1.82, 2.24) is 4.90 Å². The molecule has 1 atom stereocenters. The molecule has 1 fully saturated rings. The summed E-state index contributed by atoms with van der Waals surface area (Å²) in [5.74, 6) is 2.20. The van der Waals surface area contributed by atoms with Crippen LogP contribution in [0, 0.1) is 0 Å². The SMILES string of the molecule is COc1ccc(N=C2SC(CC(=O)Nc3cccc(OC)c3)C(=O)N2Cc2ccc3c(c2)OCO3)cc1. The Hall–Kier alpha value is -4.18. The van der Waals surface area contributed by atoms with Gasteiger partial charge in [0.05, 0.1) is 26.5 Å². The Morgan fingerprint density at radius 1 is 1.03 bits per heavy atom. The van der Waals surface area contributed by atoms with E-state index in [0.29, 0.717) is 39.5 Å². The van der Waals surface area contributed by atoms with Crippen molar-refractivity contribution in [3.05, 3.63) is 72.3 Å². The molecule has 0 radical (unpaired) electrons. The summed E-state index contributed by atoms with van der Waals surface area (Å²) in [6.45, 7) is 0.456. The molecular formula is C27H25N3O6S. The molecule has 0 aromatic heterocycles. The predicted octanol–water partition coefficient (Wildman–Crippen LogP) is 4.59. The molecule has 0 bridgehead atoms. The normalized spacial score (nSPS) is 17.2. The number of methoxy groups -OCH3 is 2. The smallest absolute Gasteiger partial charge is 0.242 e. The number of hydrogen-bond acceptors (Lipinski definition) is 8. The van der Waals surface area contributed by atoms with Crippen LogP contribution < -0.4 is 24.3 Å². The van der Waals surface area contributed by atoms with Gasteiger partial charge in [0.25, 0.3) is 0 Å². The fourth-order valence-corrected chi connectivity index (χ4v) is 5.10. The van der Waals surface area contributed by atoms with Gasteiger partial charge in [0.2, 0.25) is 18.6 Å². The number of nitrogens with zero attached hydrogens (tertiary/aromatic N) is 2. The first kappa shape index (κ1) is 24.5. The van der Waals surface area contributed by atoms with Crippen molar-refractivity contribution in [1.29, 1.82) is 0 Å². The van der Waals surface area contributed by atoms with Gasteiger partial charge in [-0.2, -0.15) is 0 Å². The second kappa shape index (κ2) is 10.8. The molecule has 2 aliphatic rings. The van der Waals surface area contributed by atoms with E-state index in [4.69, 9.17) is 23.9 Å². The van der Waals surface area contributed by atoms with Crippen LogP contribution in [0.15, 0.2) is 71.7 Å². The van der Waals surface area contributed by atoms with E-state index in [2.05, 4.69) is 5.32 Å². The summed E-state index contributed by atoms with van der Waals surface area (Å²) in [7, 11) is 3.16. The number of carbonyl (C=O) groups excluding carboxylic acids is 2. The van der Waals surface area contributed by atoms with Crippen LogP contribution in [-0.2, 0) is 16.1 Å². The molecule has 5 rings (SSSR count). The highest BCUT2D eigenvalue weighted by Gasteiger charge is 2.39. The average molecular weight is 520 g/mol. The molecule has 190 valence electrons. The van der Waals surface area contributed by atoms with E-state index in [1.165, 1.54) is 11.8 Å². The van der Waals surface area contributed by atoms with Crippen LogP contribution in [0.4, 0.5) is 11.4 Å². The summed E-state index contributed by atoms with van der Waals surface area (Å²) in [6.07, 6.45) is -0.0000186. The molecular weight excluding hydrogens is 494 g/mol. The van der Waals surface area contributed by atoms with Gasteiger partial charge in [0, 0.05) is 18.2 Å². The van der Waals surface area contributed by atoms with E-state index in [1.807, 2.05) is 42.5 Å². The minimum Gasteiger partial charge on any atom is -0.497 e. The highest BCUT2D eigenvalue weighted by Crippen LogP contribution is 2.36. The summed E-state index contributed by atoms with van der Waals surface area (Å²) >= 11 is 1.28. The standard InChI is InChI=1S/C27H25N3O6S/c1-33-20-9-7-18(8-10-20)29-27-30(15-17-6-11-22-23(12-17)36-16-35-22)26(32)24(37-27)14-25(31)28-19-4-3-5-21(13-19)34-2/h3-13,24H,14-16H2,1-2H3,(H,28,31). The van der Waals surface area contributed by atoms with Crippen LogP contribution in [-0.4, -0.2) is 48.1 Å². The van der Waals surface area contributed by atoms with E-state index in [-0.39, 0.29) is 31.6 Å². The number of anilines is 1. The monoisotopic (exact) mass is 519 g/mol. The maximum Gasteiger partial charge on any atom is 0.242 e. The number of carbonyl (C=O) groups is 2. The number of amides is 2. The lowest BCUT2D eigenvalue weighted by molar-refractivity contribution is -0.128. The molecule has 0 spiro atoms. The third kappa shape index (κ3) is 5.64. The molecule has 10 heteroatoms. The Labute approximate surface area is 218 Å². The molecule has 0 saturated carbocycles. The maximum atomic E-state index is 13.5. The van der Waals surface area contributed by atoms with Crippen molar-refractivity contribution >= 4 is 40.1 Å². The van der Waals surface area contributed by atoms with Gasteiger partial charge >= 0.3 is 0 Å². The highest BCUT2D eigenvalue weighted by molar-refractivity contribution is 8.15. The first-order valence-corrected chi connectivity index (χ1v) is 12.4. The van der Waals surface area contributed by atoms with Crippen molar-refractivity contribution in [3.63, 3.8) is 0 Å². The van der Waals surface area contributed by atoms with Crippen LogP contribution >= 0.6 is 11.8 Å². The lowest BCUT2D eigenvalue weighted by Gasteiger charge is -2.17. The van der Waals surface area contributed by atoms with Crippen LogP contribution in [0.25, 0.3) is 0 Å². The van der Waals surface area contributed by atoms with E-state index in [9.17, 15) is 9.59 Å². The number of amidine groups is 1. The van der Waals surface area contributed by atoms with Crippen molar-refractivity contribution in [2.75, 3.05) is 26.3 Å². The molecule has 1 unspecified atom stereocenters. The molecule has 9 nitrogen and oxygen atoms in total. The van der Waals surface area contributed by atoms with Gasteiger partial charge in [-0.1, -0.05) is 23.9 Å². The second-order valence-corrected chi connectivity index (χ2v) is 9.47. The number of nitrogens with one attached hydrogen (secondary N) is 1. The lowest BCUT2D eigenvalue weighted by Crippen LogP contribution is -2.33. The lowest BCUT2D eigenvalue weighted by atomic mass is 10.1. The van der Waals surface area contributed by atoms with Gasteiger partial charge in [-0.25, -0.2) is 4.99 Å². The number of rotatable bonds is 8. The number of ether oxygens (including phenoxy) is 4. The summed E-state index contributed by atoms with van der Waals surface area (Å²) in [4.78, 5) is 32.6. The molecule has 0 aliphatic carbocycles. The van der Waals surface area contributed by atoms with E-state index in [0.717, 1.165) is 5.56 Å². The number of aliphatic imine (C=N–C) groups is 1. The van der Waals surface area contributed by atoms with Gasteiger partial charge in [-0.3, -0.25) is 14.5 Å². The number of fused-ring (bicyclic) bond motifs is 1. The molecule has 2 heterocycles. The number of benzene rings is 3. The van der Waals surface area contributed by atoms with Crippen molar-refractivity contribution in [2.24, 2.45) is 4.99 Å². The third-order valence-corrected chi connectivity index (χ3v) is 6.99. The van der Waals surface area contributed by atoms with Gasteiger partial charge < -0.3 is 24.3 Å². The van der Waals surface area contributed by atoms with Crippen LogP contribution in [0.5, 0.6) is 23.0 Å². The Morgan fingerprint density at radius 3 is 2.59 bits per heavy atom. The first-order chi connectivity index (χ1) is 18.0. The summed E-state index contributed by atoms with van der Waals surface area (Å²) in [6, 6.07) is 19.9. The number of hydrogen-bond donors (Lipinski definition) is 1.